The number of carbonyl (C=O) groups excluding carboxylic acids is 2. The Kier molecular flexibility index (Phi) is 7.55. The Balaban J connectivity index is 1.62. The molecule has 0 spiro atoms. The summed E-state index contributed by atoms with van der Waals surface area (Å²) in [5.41, 5.74) is 4.67. The summed E-state index contributed by atoms with van der Waals surface area (Å²) in [5, 5.41) is 9.65. The van der Waals surface area contributed by atoms with Crippen molar-refractivity contribution in [3.8, 4) is 0 Å². The summed E-state index contributed by atoms with van der Waals surface area (Å²) in [6.07, 6.45) is 1.36. The van der Waals surface area contributed by atoms with Gasteiger partial charge in [0, 0.05) is 44.0 Å². The zero-order valence-electron chi connectivity index (χ0n) is 17.5. The molecule has 1 aliphatic heterocycles. The molecule has 0 atom stereocenters. The van der Waals surface area contributed by atoms with Gasteiger partial charge in [0.15, 0.2) is 12.4 Å². The zero-order chi connectivity index (χ0) is 23.1. The average Bonchev–Trinajstić information content (AvgIpc) is 2.79. The molecule has 3 rings (SSSR count). The van der Waals surface area contributed by atoms with Crippen LogP contribution in [-0.4, -0.2) is 71.1 Å². The number of carboxylic acid groups (broad SMARTS) is 1. The van der Waals surface area contributed by atoms with Crippen LogP contribution < -0.4 is 10.4 Å². The Morgan fingerprint density at radius 3 is 2.62 bits per heavy atom. The molecule has 1 saturated heterocycles. The number of hydrogen-bond acceptors (Lipinski definition) is 7. The van der Waals surface area contributed by atoms with Gasteiger partial charge in [0.2, 0.25) is 6.41 Å². The number of aliphatic carboxylic acids is 1. The molecule has 1 aromatic heterocycles. The molecule has 170 valence electrons. The van der Waals surface area contributed by atoms with Gasteiger partial charge in [-0.3, -0.25) is 20.1 Å². The molecular weight excluding hydrogens is 421 g/mol. The van der Waals surface area contributed by atoms with Crippen LogP contribution in [0.5, 0.6) is 0 Å². The summed E-state index contributed by atoms with van der Waals surface area (Å²) in [6.45, 7) is 3.05. The topological polar surface area (TPSA) is 115 Å². The molecule has 2 aromatic rings. The highest BCUT2D eigenvalue weighted by atomic mass is 19.1. The van der Waals surface area contributed by atoms with Crippen molar-refractivity contribution in [2.75, 3.05) is 43.2 Å². The van der Waals surface area contributed by atoms with Gasteiger partial charge in [-0.2, -0.15) is 0 Å². The fourth-order valence-corrected chi connectivity index (χ4v) is 3.24. The van der Waals surface area contributed by atoms with Crippen LogP contribution in [-0.2, 0) is 20.9 Å². The van der Waals surface area contributed by atoms with E-state index in [1.165, 1.54) is 11.0 Å². The smallest absolute Gasteiger partial charge is 0.410 e. The van der Waals surface area contributed by atoms with Crippen molar-refractivity contribution >= 4 is 29.8 Å². The maximum absolute atomic E-state index is 15.2. The van der Waals surface area contributed by atoms with Crippen LogP contribution in [0.3, 0.4) is 0 Å². The van der Waals surface area contributed by atoms with Gasteiger partial charge >= 0.3 is 12.1 Å². The van der Waals surface area contributed by atoms with Crippen molar-refractivity contribution in [3.05, 3.63) is 53.6 Å². The van der Waals surface area contributed by atoms with Gasteiger partial charge in [0.1, 0.15) is 5.69 Å². The largest absolute Gasteiger partial charge is 0.479 e. The minimum absolute atomic E-state index is 0.0777. The fourth-order valence-electron chi connectivity index (χ4n) is 3.24. The van der Waals surface area contributed by atoms with Gasteiger partial charge < -0.3 is 14.7 Å². The summed E-state index contributed by atoms with van der Waals surface area (Å²) in [6, 6.07) is 8.32. The predicted octanol–water partition coefficient (Wildman–Crippen LogP) is 1.86. The van der Waals surface area contributed by atoms with Crippen LogP contribution in [0.2, 0.25) is 0 Å². The molecule has 1 aliphatic rings. The second-order valence-electron chi connectivity index (χ2n) is 7.24. The normalized spacial score (nSPS) is 14.0. The minimum Gasteiger partial charge on any atom is -0.479 e. The highest BCUT2D eigenvalue weighted by Gasteiger charge is 2.24. The standard InChI is InChI=1S/C21H24FN5O5/c1-15-5-6-17(11-23-15)24-27(14-28)18-4-2-3-16(20(18)22)12-25-7-9-26(10-8-25)21(31)32-13-19(29)30/h2-6,11,14,24H,7-10,12-13H2,1H3,(H,29,30). The lowest BCUT2D eigenvalue weighted by atomic mass is 10.1. The number of piperazine rings is 1. The SMILES string of the molecule is Cc1ccc(NN(C=O)c2cccc(CN3CCN(C(=O)OCC(=O)O)CC3)c2F)cn1. The quantitative estimate of drug-likeness (QED) is 0.467. The van der Waals surface area contributed by atoms with Gasteiger partial charge in [0.05, 0.1) is 11.9 Å². The molecule has 0 bridgehead atoms. The van der Waals surface area contributed by atoms with E-state index in [0.717, 1.165) is 10.7 Å². The number of carboxylic acids is 1. The number of hydrogen-bond donors (Lipinski definition) is 2. The Bertz CT molecular complexity index is 964. The van der Waals surface area contributed by atoms with Crippen LogP contribution in [0, 0.1) is 12.7 Å². The molecule has 2 amide bonds. The first-order valence-corrected chi connectivity index (χ1v) is 9.94. The fraction of sp³-hybridized carbons (Fsp3) is 0.333. The van der Waals surface area contributed by atoms with Crippen LogP contribution >= 0.6 is 0 Å². The molecule has 0 saturated carbocycles. The van der Waals surface area contributed by atoms with Crippen molar-refractivity contribution < 1.29 is 28.6 Å². The van der Waals surface area contributed by atoms with E-state index in [4.69, 9.17) is 5.11 Å². The monoisotopic (exact) mass is 445 g/mol. The van der Waals surface area contributed by atoms with Crippen molar-refractivity contribution in [1.82, 2.24) is 14.8 Å². The first-order valence-electron chi connectivity index (χ1n) is 9.94. The molecule has 0 radical (unpaired) electrons. The number of amides is 2. The molecule has 2 N–H and O–H groups in total. The van der Waals surface area contributed by atoms with Gasteiger partial charge in [-0.1, -0.05) is 12.1 Å². The summed E-state index contributed by atoms with van der Waals surface area (Å²) in [7, 11) is 0. The van der Waals surface area contributed by atoms with E-state index < -0.39 is 24.5 Å². The van der Waals surface area contributed by atoms with Crippen LogP contribution in [0.4, 0.5) is 20.6 Å². The van der Waals surface area contributed by atoms with E-state index in [1.54, 1.807) is 30.5 Å². The number of rotatable bonds is 8. The van der Waals surface area contributed by atoms with Gasteiger partial charge in [-0.15, -0.1) is 0 Å². The maximum atomic E-state index is 15.2. The third-order valence-corrected chi connectivity index (χ3v) is 4.93. The Morgan fingerprint density at radius 1 is 1.25 bits per heavy atom. The number of aromatic nitrogens is 1. The number of hydrazine groups is 1. The molecular formula is C21H24FN5O5. The van der Waals surface area contributed by atoms with E-state index in [9.17, 15) is 14.4 Å². The number of carbonyl (C=O) groups is 3. The number of halogens is 1. The lowest BCUT2D eigenvalue weighted by Gasteiger charge is -2.34. The molecule has 10 nitrogen and oxygen atoms in total. The van der Waals surface area contributed by atoms with Crippen LogP contribution in [0.15, 0.2) is 36.5 Å². The number of nitrogens with zero attached hydrogens (tertiary/aromatic N) is 4. The maximum Gasteiger partial charge on any atom is 0.410 e. The van der Waals surface area contributed by atoms with Crippen molar-refractivity contribution in [2.24, 2.45) is 0 Å². The molecule has 1 fully saturated rings. The molecule has 32 heavy (non-hydrogen) atoms. The number of benzene rings is 1. The molecule has 0 aliphatic carbocycles. The summed E-state index contributed by atoms with van der Waals surface area (Å²) < 4.78 is 19.9. The lowest BCUT2D eigenvalue weighted by molar-refractivity contribution is -0.140. The highest BCUT2D eigenvalue weighted by Crippen LogP contribution is 2.24. The number of pyridine rings is 1. The van der Waals surface area contributed by atoms with E-state index in [2.05, 4.69) is 15.1 Å². The molecule has 0 unspecified atom stereocenters. The third kappa shape index (κ3) is 5.91. The number of aryl methyl sites for hydroxylation is 1. The number of anilines is 2. The van der Waals surface area contributed by atoms with E-state index in [0.29, 0.717) is 43.8 Å². The Hall–Kier alpha value is -3.73. The highest BCUT2D eigenvalue weighted by molar-refractivity contribution is 5.79. The van der Waals surface area contributed by atoms with E-state index >= 15 is 4.39 Å². The Labute approximate surface area is 184 Å². The zero-order valence-corrected chi connectivity index (χ0v) is 17.5. The summed E-state index contributed by atoms with van der Waals surface area (Å²) >= 11 is 0. The predicted molar refractivity (Wildman–Crippen MR) is 113 cm³/mol. The average molecular weight is 445 g/mol. The van der Waals surface area contributed by atoms with Gasteiger partial charge in [-0.05, 0) is 25.1 Å². The van der Waals surface area contributed by atoms with Crippen molar-refractivity contribution in [2.45, 2.75) is 13.5 Å². The third-order valence-electron chi connectivity index (χ3n) is 4.93. The van der Waals surface area contributed by atoms with Gasteiger partial charge in [-0.25, -0.2) is 19.0 Å². The first kappa shape index (κ1) is 22.9. The minimum atomic E-state index is -1.22. The number of nitrogens with one attached hydrogen (secondary N) is 1. The first-order chi connectivity index (χ1) is 15.4. The molecule has 11 heteroatoms. The molecule has 1 aromatic carbocycles. The number of ether oxygens (including phenoxy) is 1. The van der Waals surface area contributed by atoms with E-state index in [-0.39, 0.29) is 12.2 Å². The van der Waals surface area contributed by atoms with Crippen molar-refractivity contribution in [1.29, 1.82) is 0 Å². The lowest BCUT2D eigenvalue weighted by Crippen LogP contribution is -2.48. The van der Waals surface area contributed by atoms with Crippen LogP contribution in [0.1, 0.15) is 11.3 Å². The van der Waals surface area contributed by atoms with Gasteiger partial charge in [0.25, 0.3) is 0 Å². The summed E-state index contributed by atoms with van der Waals surface area (Å²) in [5.74, 6) is -1.75. The second-order valence-corrected chi connectivity index (χ2v) is 7.24. The summed E-state index contributed by atoms with van der Waals surface area (Å²) in [4.78, 5) is 41.5. The Morgan fingerprint density at radius 2 is 2.00 bits per heavy atom. The van der Waals surface area contributed by atoms with E-state index in [1.807, 2.05) is 11.8 Å². The van der Waals surface area contributed by atoms with Crippen LogP contribution in [0.25, 0.3) is 0 Å². The second kappa shape index (κ2) is 10.5. The van der Waals surface area contributed by atoms with Crippen molar-refractivity contribution in [3.63, 3.8) is 0 Å². The molecule has 2 heterocycles.